The van der Waals surface area contributed by atoms with Crippen molar-refractivity contribution in [2.24, 2.45) is 5.92 Å². The van der Waals surface area contributed by atoms with E-state index in [1.807, 2.05) is 0 Å². The summed E-state index contributed by atoms with van der Waals surface area (Å²) >= 11 is 0. The van der Waals surface area contributed by atoms with Crippen molar-refractivity contribution in [1.29, 1.82) is 0 Å². The Kier molecular flexibility index (Phi) is 6.26. The van der Waals surface area contributed by atoms with E-state index in [9.17, 15) is 8.60 Å². The van der Waals surface area contributed by atoms with E-state index in [4.69, 9.17) is 0 Å². The Morgan fingerprint density at radius 2 is 2.14 bits per heavy atom. The summed E-state index contributed by atoms with van der Waals surface area (Å²) in [6.07, 6.45) is 1.27. The van der Waals surface area contributed by atoms with Crippen molar-refractivity contribution in [3.8, 4) is 0 Å². The summed E-state index contributed by atoms with van der Waals surface area (Å²) in [6, 6.07) is 3.33. The van der Waals surface area contributed by atoms with Crippen LogP contribution in [0.5, 0.6) is 0 Å². The summed E-state index contributed by atoms with van der Waals surface area (Å²) < 4.78 is 24.4. The van der Waals surface area contributed by atoms with Gasteiger partial charge in [-0.2, -0.15) is 0 Å². The van der Waals surface area contributed by atoms with Gasteiger partial charge in [0.1, 0.15) is 5.82 Å². The van der Waals surface area contributed by atoms with Crippen molar-refractivity contribution in [2.45, 2.75) is 19.9 Å². The number of nitrogens with one attached hydrogen (secondary N) is 1. The molecule has 0 bridgehead atoms. The molecule has 21 heavy (non-hydrogen) atoms. The molecule has 0 amide bonds. The number of aromatic nitrogens is 1. The van der Waals surface area contributed by atoms with Gasteiger partial charge in [0.25, 0.3) is 0 Å². The van der Waals surface area contributed by atoms with E-state index in [-0.39, 0.29) is 11.9 Å². The number of hydrogen-bond acceptors (Lipinski definition) is 4. The van der Waals surface area contributed by atoms with Crippen LogP contribution in [0.2, 0.25) is 0 Å². The molecule has 118 valence electrons. The van der Waals surface area contributed by atoms with Crippen LogP contribution < -0.4 is 5.32 Å². The molecule has 1 fully saturated rings. The first-order valence-corrected chi connectivity index (χ1v) is 9.01. The summed E-state index contributed by atoms with van der Waals surface area (Å²) in [5, 5.41) is 3.44. The van der Waals surface area contributed by atoms with E-state index in [0.717, 1.165) is 43.4 Å². The van der Waals surface area contributed by atoms with Crippen molar-refractivity contribution in [3.63, 3.8) is 0 Å². The first kappa shape index (κ1) is 16.5. The van der Waals surface area contributed by atoms with Crippen LogP contribution in [-0.2, 0) is 10.8 Å². The van der Waals surface area contributed by atoms with E-state index in [2.05, 4.69) is 29.0 Å². The molecule has 0 saturated carbocycles. The standard InChI is InChI=1S/C15H24FN3OS/c1-3-17-15(14-5-4-13(16)10-18-14)12(2)11-19-6-8-21(20)9-7-19/h4-5,10,12,15,17H,3,6-9,11H2,1-2H3. The second-order valence-corrected chi connectivity index (χ2v) is 7.26. The zero-order valence-corrected chi connectivity index (χ0v) is 13.5. The lowest BCUT2D eigenvalue weighted by molar-refractivity contribution is 0.225. The molecule has 1 aliphatic heterocycles. The molecule has 1 aliphatic rings. The van der Waals surface area contributed by atoms with Gasteiger partial charge in [-0.25, -0.2) is 4.39 Å². The molecule has 1 saturated heterocycles. The van der Waals surface area contributed by atoms with Gasteiger partial charge in [-0.15, -0.1) is 0 Å². The van der Waals surface area contributed by atoms with Crippen LogP contribution in [0.3, 0.4) is 0 Å². The average molecular weight is 313 g/mol. The summed E-state index contributed by atoms with van der Waals surface area (Å²) in [5.41, 5.74) is 0.881. The lowest BCUT2D eigenvalue weighted by atomic mass is 9.97. The number of nitrogens with zero attached hydrogens (tertiary/aromatic N) is 2. The maximum atomic E-state index is 13.0. The predicted octanol–water partition coefficient (Wildman–Crippen LogP) is 1.57. The van der Waals surface area contributed by atoms with Gasteiger partial charge in [0.05, 0.1) is 17.9 Å². The second kappa shape index (κ2) is 7.96. The monoisotopic (exact) mass is 313 g/mol. The minimum atomic E-state index is -0.640. The molecule has 0 aliphatic carbocycles. The third-order valence-corrected chi connectivity index (χ3v) is 5.15. The SMILES string of the molecule is CCNC(c1ccc(F)cn1)C(C)CN1CCS(=O)CC1. The molecule has 0 radical (unpaired) electrons. The van der Waals surface area contributed by atoms with E-state index in [1.165, 1.54) is 12.3 Å². The Bertz CT molecular complexity index is 458. The highest BCUT2D eigenvalue weighted by Crippen LogP contribution is 2.22. The van der Waals surface area contributed by atoms with E-state index < -0.39 is 10.8 Å². The van der Waals surface area contributed by atoms with E-state index in [1.54, 1.807) is 6.07 Å². The van der Waals surface area contributed by atoms with Crippen molar-refractivity contribution in [1.82, 2.24) is 15.2 Å². The van der Waals surface area contributed by atoms with Crippen molar-refractivity contribution >= 4 is 10.8 Å². The predicted molar refractivity (Wildman–Crippen MR) is 84.1 cm³/mol. The Labute approximate surface area is 128 Å². The lowest BCUT2D eigenvalue weighted by Gasteiger charge is -2.32. The third kappa shape index (κ3) is 4.83. The molecule has 2 unspecified atom stereocenters. The average Bonchev–Trinajstić information content (AvgIpc) is 2.48. The second-order valence-electron chi connectivity index (χ2n) is 5.56. The minimum Gasteiger partial charge on any atom is -0.309 e. The van der Waals surface area contributed by atoms with Gasteiger partial charge < -0.3 is 10.2 Å². The molecule has 0 spiro atoms. The van der Waals surface area contributed by atoms with Crippen molar-refractivity contribution in [3.05, 3.63) is 29.8 Å². The minimum absolute atomic E-state index is 0.114. The highest BCUT2D eigenvalue weighted by Gasteiger charge is 2.24. The van der Waals surface area contributed by atoms with E-state index in [0.29, 0.717) is 5.92 Å². The van der Waals surface area contributed by atoms with Gasteiger partial charge in [0.2, 0.25) is 0 Å². The van der Waals surface area contributed by atoms with Crippen LogP contribution >= 0.6 is 0 Å². The maximum absolute atomic E-state index is 13.0. The smallest absolute Gasteiger partial charge is 0.141 e. The number of hydrogen-bond donors (Lipinski definition) is 1. The first-order valence-electron chi connectivity index (χ1n) is 7.52. The quantitative estimate of drug-likeness (QED) is 0.866. The fraction of sp³-hybridized carbons (Fsp3) is 0.667. The zero-order chi connectivity index (χ0) is 15.2. The van der Waals surface area contributed by atoms with Gasteiger partial charge in [-0.3, -0.25) is 9.19 Å². The fourth-order valence-corrected chi connectivity index (χ4v) is 3.89. The molecule has 1 N–H and O–H groups in total. The third-order valence-electron chi connectivity index (χ3n) is 3.88. The van der Waals surface area contributed by atoms with Gasteiger partial charge in [0, 0.05) is 41.9 Å². The molecule has 6 heteroatoms. The van der Waals surface area contributed by atoms with Crippen LogP contribution in [0.1, 0.15) is 25.6 Å². The fourth-order valence-electron chi connectivity index (χ4n) is 2.76. The molecule has 1 aromatic heterocycles. The summed E-state index contributed by atoms with van der Waals surface area (Å²) in [6.45, 7) is 7.82. The van der Waals surface area contributed by atoms with Crippen LogP contribution in [0.4, 0.5) is 4.39 Å². The number of rotatable bonds is 6. The molecule has 1 aromatic rings. The lowest BCUT2D eigenvalue weighted by Crippen LogP contribution is -2.42. The Hall–Kier alpha value is -0.850. The first-order chi connectivity index (χ1) is 10.1. The molecule has 2 heterocycles. The zero-order valence-electron chi connectivity index (χ0n) is 12.7. The summed E-state index contributed by atoms with van der Waals surface area (Å²) in [5.74, 6) is 1.59. The van der Waals surface area contributed by atoms with Gasteiger partial charge in [-0.1, -0.05) is 13.8 Å². The largest absolute Gasteiger partial charge is 0.309 e. The molecule has 2 rings (SSSR count). The van der Waals surface area contributed by atoms with Gasteiger partial charge in [-0.05, 0) is 24.6 Å². The van der Waals surface area contributed by atoms with Crippen LogP contribution in [0, 0.1) is 11.7 Å². The molecule has 2 atom stereocenters. The maximum Gasteiger partial charge on any atom is 0.141 e. The molecule has 0 aromatic carbocycles. The van der Waals surface area contributed by atoms with Crippen molar-refractivity contribution < 1.29 is 8.60 Å². The topological polar surface area (TPSA) is 45.2 Å². The van der Waals surface area contributed by atoms with Crippen LogP contribution in [-0.4, -0.2) is 51.8 Å². The number of pyridine rings is 1. The Balaban J connectivity index is 1.99. The van der Waals surface area contributed by atoms with Crippen LogP contribution in [0.25, 0.3) is 0 Å². The highest BCUT2D eigenvalue weighted by molar-refractivity contribution is 7.85. The van der Waals surface area contributed by atoms with Gasteiger partial charge in [0.15, 0.2) is 0 Å². The molecule has 4 nitrogen and oxygen atoms in total. The summed E-state index contributed by atoms with van der Waals surface area (Å²) in [4.78, 5) is 6.58. The number of halogens is 1. The van der Waals surface area contributed by atoms with Crippen LogP contribution in [0.15, 0.2) is 18.3 Å². The van der Waals surface area contributed by atoms with Gasteiger partial charge >= 0.3 is 0 Å². The van der Waals surface area contributed by atoms with Crippen molar-refractivity contribution in [2.75, 3.05) is 37.7 Å². The Morgan fingerprint density at radius 3 is 2.71 bits per heavy atom. The highest BCUT2D eigenvalue weighted by atomic mass is 32.2. The molecular formula is C15H24FN3OS. The van der Waals surface area contributed by atoms with E-state index >= 15 is 0 Å². The summed E-state index contributed by atoms with van der Waals surface area (Å²) in [7, 11) is -0.640. The normalized spacial score (nSPS) is 20.3. The Morgan fingerprint density at radius 1 is 1.43 bits per heavy atom. The molecular weight excluding hydrogens is 289 g/mol.